The Morgan fingerprint density at radius 3 is 2.11 bits per heavy atom. The molecule has 0 bridgehead atoms. The van der Waals surface area contributed by atoms with E-state index in [1.165, 1.54) is 12.8 Å². The highest BCUT2D eigenvalue weighted by Gasteiger charge is 2.83. The van der Waals surface area contributed by atoms with Crippen molar-refractivity contribution in [1.82, 2.24) is 10.2 Å². The standard InChI is InChI=1S/C40H54N2O4/c1-26(42(5)6)33-29(46-35(45)28-15-11-8-12-16-28)23-38(4)31-18-17-30-36(2,25-43)32(41-34(44)27-13-9-7-10-14-27)19-20-39(30)24-40(31,39)22-21-37(33,38)3/h7-16,26,29-33,43H,17-25H2,1-6H3,(H,41,44)/t26?,29-,30?,31+,32+,33+,36+,37-,38+,39-,40+/m1/s1. The second-order valence-electron chi connectivity index (χ2n) is 16.8. The highest BCUT2D eigenvalue weighted by Crippen LogP contribution is 2.89. The number of carbonyl (C=O) groups is 2. The number of amides is 1. The Balaban J connectivity index is 1.18. The molecule has 0 saturated heterocycles. The lowest BCUT2D eigenvalue weighted by Crippen LogP contribution is -2.62. The summed E-state index contributed by atoms with van der Waals surface area (Å²) in [5.41, 5.74) is 1.52. The van der Waals surface area contributed by atoms with Gasteiger partial charge in [-0.2, -0.15) is 0 Å². The highest BCUT2D eigenvalue weighted by atomic mass is 16.5. The minimum atomic E-state index is -0.357. The van der Waals surface area contributed by atoms with Gasteiger partial charge in [-0.05, 0) is 130 Å². The largest absolute Gasteiger partial charge is 0.458 e. The average Bonchev–Trinajstić information content (AvgIpc) is 3.66. The molecule has 6 heteroatoms. The summed E-state index contributed by atoms with van der Waals surface area (Å²) in [6, 6.07) is 19.2. The summed E-state index contributed by atoms with van der Waals surface area (Å²) in [6.45, 7) is 9.74. The third-order valence-corrected chi connectivity index (χ3v) is 15.3. The molecule has 0 aromatic heterocycles. The summed E-state index contributed by atoms with van der Waals surface area (Å²) in [7, 11) is 4.33. The summed E-state index contributed by atoms with van der Waals surface area (Å²) in [5, 5.41) is 14.4. The fraction of sp³-hybridized carbons (Fsp3) is 0.650. The van der Waals surface area contributed by atoms with Crippen LogP contribution < -0.4 is 5.32 Å². The van der Waals surface area contributed by atoms with Gasteiger partial charge in [0.1, 0.15) is 6.10 Å². The molecule has 11 atom stereocenters. The Morgan fingerprint density at radius 2 is 1.48 bits per heavy atom. The number of ether oxygens (including phenoxy) is 1. The number of nitrogens with one attached hydrogen (secondary N) is 1. The van der Waals surface area contributed by atoms with Gasteiger partial charge >= 0.3 is 5.97 Å². The monoisotopic (exact) mass is 626 g/mol. The number of nitrogens with zero attached hydrogens (tertiary/aromatic N) is 1. The molecule has 2 spiro atoms. The zero-order valence-corrected chi connectivity index (χ0v) is 28.7. The zero-order chi connectivity index (χ0) is 32.7. The summed E-state index contributed by atoms with van der Waals surface area (Å²) in [5.74, 6) is 0.948. The average molecular weight is 627 g/mol. The molecular weight excluding hydrogens is 572 g/mol. The van der Waals surface area contributed by atoms with E-state index < -0.39 is 0 Å². The number of aliphatic hydroxyl groups excluding tert-OH is 1. The van der Waals surface area contributed by atoms with E-state index in [1.54, 1.807) is 0 Å². The summed E-state index contributed by atoms with van der Waals surface area (Å²) in [6.07, 6.45) is 8.59. The summed E-state index contributed by atoms with van der Waals surface area (Å²) >= 11 is 0. The van der Waals surface area contributed by atoms with E-state index in [0.717, 1.165) is 38.5 Å². The normalized spacial score (nSPS) is 43.0. The maximum Gasteiger partial charge on any atom is 0.338 e. The van der Waals surface area contributed by atoms with Gasteiger partial charge in [0.15, 0.2) is 0 Å². The van der Waals surface area contributed by atoms with Crippen LogP contribution in [0.5, 0.6) is 0 Å². The van der Waals surface area contributed by atoms with Crippen molar-refractivity contribution >= 4 is 11.9 Å². The first-order chi connectivity index (χ1) is 21.9. The van der Waals surface area contributed by atoms with Crippen LogP contribution in [0, 0.1) is 44.8 Å². The molecule has 5 aliphatic rings. The van der Waals surface area contributed by atoms with Crippen molar-refractivity contribution in [1.29, 1.82) is 0 Å². The highest BCUT2D eigenvalue weighted by molar-refractivity contribution is 5.94. The van der Waals surface area contributed by atoms with E-state index in [0.29, 0.717) is 23.0 Å². The third-order valence-electron chi connectivity index (χ3n) is 15.3. The number of rotatable bonds is 7. The minimum Gasteiger partial charge on any atom is -0.458 e. The Kier molecular flexibility index (Phi) is 7.56. The second-order valence-corrected chi connectivity index (χ2v) is 16.8. The van der Waals surface area contributed by atoms with Crippen LogP contribution in [0.1, 0.15) is 99.8 Å². The molecule has 2 aromatic rings. The van der Waals surface area contributed by atoms with E-state index in [1.807, 2.05) is 60.7 Å². The van der Waals surface area contributed by atoms with E-state index in [2.05, 4.69) is 52.0 Å². The number of fused-ring (bicyclic) bond motifs is 2. The van der Waals surface area contributed by atoms with Gasteiger partial charge in [0.05, 0.1) is 12.2 Å². The third kappa shape index (κ3) is 4.27. The predicted molar refractivity (Wildman–Crippen MR) is 180 cm³/mol. The van der Waals surface area contributed by atoms with E-state index in [9.17, 15) is 14.7 Å². The smallest absolute Gasteiger partial charge is 0.338 e. The maximum atomic E-state index is 13.5. The predicted octanol–water partition coefficient (Wildman–Crippen LogP) is 6.98. The topological polar surface area (TPSA) is 78.9 Å². The van der Waals surface area contributed by atoms with Crippen molar-refractivity contribution in [2.75, 3.05) is 20.7 Å². The molecule has 0 heterocycles. The van der Waals surface area contributed by atoms with Crippen LogP contribution in [0.4, 0.5) is 0 Å². The number of hydrogen-bond acceptors (Lipinski definition) is 5. The van der Waals surface area contributed by atoms with E-state index >= 15 is 0 Å². The maximum absolute atomic E-state index is 13.5. The van der Waals surface area contributed by atoms with E-state index in [4.69, 9.17) is 4.74 Å². The van der Waals surface area contributed by atoms with Crippen LogP contribution in [0.25, 0.3) is 0 Å². The van der Waals surface area contributed by atoms with Crippen molar-refractivity contribution in [2.45, 2.75) is 97.2 Å². The molecule has 7 rings (SSSR count). The van der Waals surface area contributed by atoms with Gasteiger partial charge < -0.3 is 20.1 Å². The van der Waals surface area contributed by atoms with Gasteiger partial charge in [-0.3, -0.25) is 4.79 Å². The summed E-state index contributed by atoms with van der Waals surface area (Å²) in [4.78, 5) is 29.1. The molecule has 6 nitrogen and oxygen atoms in total. The zero-order valence-electron chi connectivity index (χ0n) is 28.7. The molecule has 1 amide bonds. The fourth-order valence-corrected chi connectivity index (χ4v) is 12.6. The van der Waals surface area contributed by atoms with Gasteiger partial charge in [0, 0.05) is 29.0 Å². The lowest BCUT2D eigenvalue weighted by Gasteiger charge is -2.63. The molecule has 5 saturated carbocycles. The van der Waals surface area contributed by atoms with Crippen molar-refractivity contribution in [3.63, 3.8) is 0 Å². The number of hydrogen-bond donors (Lipinski definition) is 2. The van der Waals surface area contributed by atoms with Gasteiger partial charge in [0.2, 0.25) is 0 Å². The minimum absolute atomic E-state index is 0.0375. The number of carbonyl (C=O) groups excluding carboxylic acids is 2. The van der Waals surface area contributed by atoms with Crippen LogP contribution in [0.15, 0.2) is 60.7 Å². The molecular formula is C40H54N2O4. The molecule has 5 aliphatic carbocycles. The lowest BCUT2D eigenvalue weighted by atomic mass is 9.41. The first-order valence-electron chi connectivity index (χ1n) is 17.8. The molecule has 248 valence electrons. The number of benzene rings is 2. The van der Waals surface area contributed by atoms with Crippen molar-refractivity contribution < 1.29 is 19.4 Å². The Bertz CT molecular complexity index is 1480. The number of aliphatic hydroxyl groups is 1. The molecule has 5 fully saturated rings. The van der Waals surface area contributed by atoms with Gasteiger partial charge in [-0.25, -0.2) is 4.79 Å². The molecule has 2 unspecified atom stereocenters. The van der Waals surface area contributed by atoms with Gasteiger partial charge in [-0.1, -0.05) is 57.2 Å². The van der Waals surface area contributed by atoms with Crippen molar-refractivity contribution in [3.8, 4) is 0 Å². The molecule has 0 radical (unpaired) electrons. The van der Waals surface area contributed by atoms with Crippen LogP contribution in [0.2, 0.25) is 0 Å². The fourth-order valence-electron chi connectivity index (χ4n) is 12.6. The number of esters is 1. The Labute approximate surface area is 275 Å². The SMILES string of the molecule is CC([C@H]1[C@H](OC(=O)c2ccccc2)C[C@@]2(C)[C@@H]3CCC4[C@@]5(CC[C@H](NC(=O)c6ccccc6)[C@@]4(C)CO)C[C@@]35CC[C@]12C)N(C)C. The van der Waals surface area contributed by atoms with Crippen LogP contribution in [0.3, 0.4) is 0 Å². The molecule has 46 heavy (non-hydrogen) atoms. The first kappa shape index (κ1) is 31.9. The van der Waals surface area contributed by atoms with Crippen molar-refractivity contribution in [2.24, 2.45) is 44.8 Å². The quantitative estimate of drug-likeness (QED) is 0.324. The van der Waals surface area contributed by atoms with Crippen LogP contribution in [-0.4, -0.2) is 60.8 Å². The molecule has 2 N–H and O–H groups in total. The Hall–Kier alpha value is -2.70. The lowest BCUT2D eigenvalue weighted by molar-refractivity contribution is -0.154. The second kappa shape index (κ2) is 10.9. The van der Waals surface area contributed by atoms with E-state index in [-0.39, 0.29) is 69.7 Å². The van der Waals surface area contributed by atoms with Gasteiger partial charge in [-0.15, -0.1) is 0 Å². The van der Waals surface area contributed by atoms with Crippen molar-refractivity contribution in [3.05, 3.63) is 71.8 Å². The van der Waals surface area contributed by atoms with Gasteiger partial charge in [0.25, 0.3) is 5.91 Å². The molecule has 0 aliphatic heterocycles. The summed E-state index contributed by atoms with van der Waals surface area (Å²) < 4.78 is 6.53. The molecule has 2 aromatic carbocycles. The first-order valence-corrected chi connectivity index (χ1v) is 17.8. The van der Waals surface area contributed by atoms with Crippen LogP contribution in [-0.2, 0) is 4.74 Å². The van der Waals surface area contributed by atoms with Crippen LogP contribution >= 0.6 is 0 Å². The Morgan fingerprint density at radius 1 is 0.870 bits per heavy atom.